The van der Waals surface area contributed by atoms with Gasteiger partial charge in [0.05, 0.1) is 13.2 Å². The molecule has 0 amide bonds. The number of carbonyl (C=O) groups excluding carboxylic acids is 1. The molecule has 0 N–H and O–H groups in total. The van der Waals surface area contributed by atoms with Gasteiger partial charge in [0.25, 0.3) is 0 Å². The number of unbranched alkanes of at least 4 members (excludes halogenated alkanes) is 1. The molecule has 0 aliphatic carbocycles. The summed E-state index contributed by atoms with van der Waals surface area (Å²) >= 11 is 0. The first-order valence-corrected chi connectivity index (χ1v) is 15.8. The van der Waals surface area contributed by atoms with Gasteiger partial charge in [-0.1, -0.05) is 6.42 Å². The van der Waals surface area contributed by atoms with Crippen LogP contribution in [0.3, 0.4) is 0 Å². The van der Waals surface area contributed by atoms with Crippen LogP contribution in [0.5, 0.6) is 0 Å². The van der Waals surface area contributed by atoms with E-state index in [-0.39, 0.29) is 30.8 Å². The average Bonchev–Trinajstić information content (AvgIpc) is 3.25. The average molecular weight is 453 g/mol. The minimum atomic E-state index is -1.68. The van der Waals surface area contributed by atoms with Crippen LogP contribution >= 0.6 is 0 Å². The molecule has 2 fully saturated rings. The Hall–Kier alpha value is -0.576. The number of hydrogen-bond acceptors (Lipinski definition) is 10. The van der Waals surface area contributed by atoms with E-state index in [1.54, 1.807) is 0 Å². The summed E-state index contributed by atoms with van der Waals surface area (Å²) in [4.78, 5) is 20.3. The van der Waals surface area contributed by atoms with E-state index in [4.69, 9.17) is 27.9 Å². The van der Waals surface area contributed by atoms with Gasteiger partial charge < -0.3 is 28.3 Å². The Bertz CT molecular complexity index is 486. The number of ether oxygens (including phenoxy) is 4. The van der Waals surface area contributed by atoms with E-state index >= 15 is 0 Å². The van der Waals surface area contributed by atoms with Gasteiger partial charge in [0, 0.05) is 13.2 Å². The van der Waals surface area contributed by atoms with Gasteiger partial charge >= 0.3 is 6.16 Å². The molecule has 0 spiro atoms. The number of carbonyl (C=O) groups is 1. The fourth-order valence-corrected chi connectivity index (χ4v) is 10.3. The van der Waals surface area contributed by atoms with Crippen LogP contribution in [0.2, 0.25) is 31.7 Å². The number of nitrogens with zero attached hydrogens (tertiary/aromatic N) is 1. The van der Waals surface area contributed by atoms with Crippen LogP contribution in [-0.4, -0.2) is 80.8 Å². The Labute approximate surface area is 175 Å². The minimum absolute atomic E-state index is 0.136. The molecule has 29 heavy (non-hydrogen) atoms. The van der Waals surface area contributed by atoms with Gasteiger partial charge in [0.2, 0.25) is 0 Å². The minimum Gasteiger partial charge on any atom is -0.738 e. The van der Waals surface area contributed by atoms with Crippen molar-refractivity contribution in [2.45, 2.75) is 63.2 Å². The molecule has 170 valence electrons. The lowest BCUT2D eigenvalue weighted by Gasteiger charge is -2.27. The van der Waals surface area contributed by atoms with Gasteiger partial charge in [-0.25, -0.2) is 4.79 Å². The maximum absolute atomic E-state index is 10.8. The van der Waals surface area contributed by atoms with Crippen molar-refractivity contribution in [2.24, 2.45) is 0 Å². The molecule has 2 rings (SSSR count). The van der Waals surface area contributed by atoms with E-state index < -0.39 is 23.5 Å². The first kappa shape index (κ1) is 24.7. The van der Waals surface area contributed by atoms with E-state index in [0.717, 1.165) is 31.4 Å². The van der Waals surface area contributed by atoms with Crippen molar-refractivity contribution in [3.8, 4) is 0 Å². The summed E-state index contributed by atoms with van der Waals surface area (Å²) in [6.45, 7) is 9.35. The third-order valence-corrected chi connectivity index (χ3v) is 11.5. The molecule has 0 aromatic rings. The second-order valence-electron chi connectivity index (χ2n) is 7.98. The molecule has 2 aliphatic heterocycles. The van der Waals surface area contributed by atoms with Gasteiger partial charge in [-0.05, 0) is 44.6 Å². The van der Waals surface area contributed by atoms with Crippen molar-refractivity contribution >= 4 is 23.5 Å². The monoisotopic (exact) mass is 452 g/mol. The highest BCUT2D eigenvalue weighted by atomic mass is 28.4. The molecule has 2 aliphatic rings. The van der Waals surface area contributed by atoms with Crippen LogP contribution in [0, 0.1) is 5.21 Å². The second-order valence-corrected chi connectivity index (χ2v) is 15.1. The SMILES string of the molecule is C[SiH](CCCCOCC1COC(=O)O1)O[Si](C)(C)CCCOC[C@H]1CON([O-])O1. The molecular formula is C17H34NO9Si2-. The molecule has 10 nitrogen and oxygen atoms in total. The Balaban J connectivity index is 1.42. The predicted molar refractivity (Wildman–Crippen MR) is 109 cm³/mol. The highest BCUT2D eigenvalue weighted by Crippen LogP contribution is 2.18. The fourth-order valence-electron chi connectivity index (χ4n) is 3.18. The summed E-state index contributed by atoms with van der Waals surface area (Å²) in [6, 6.07) is 2.17. The maximum Gasteiger partial charge on any atom is 0.508 e. The summed E-state index contributed by atoms with van der Waals surface area (Å²) < 4.78 is 27.2. The van der Waals surface area contributed by atoms with Crippen LogP contribution in [0.4, 0.5) is 4.79 Å². The Morgan fingerprint density at radius 2 is 1.86 bits per heavy atom. The number of rotatable bonds is 15. The van der Waals surface area contributed by atoms with Crippen molar-refractivity contribution in [1.82, 2.24) is 5.39 Å². The summed E-state index contributed by atoms with van der Waals surface area (Å²) in [5, 5.41) is 10.9. The van der Waals surface area contributed by atoms with Crippen molar-refractivity contribution in [3.05, 3.63) is 5.21 Å². The first-order valence-electron chi connectivity index (χ1n) is 10.3. The normalized spacial score (nSPS) is 23.9. The Kier molecular flexibility index (Phi) is 11.0. The van der Waals surface area contributed by atoms with Crippen molar-refractivity contribution in [2.75, 3.05) is 39.6 Å². The smallest absolute Gasteiger partial charge is 0.508 e. The quantitative estimate of drug-likeness (QED) is 0.209. The zero-order valence-electron chi connectivity index (χ0n) is 17.6. The number of hydrogen-bond donors (Lipinski definition) is 0. The Morgan fingerprint density at radius 3 is 2.52 bits per heavy atom. The molecule has 3 atom stereocenters. The van der Waals surface area contributed by atoms with Crippen LogP contribution in [-0.2, 0) is 32.7 Å². The third-order valence-electron chi connectivity index (χ3n) is 4.60. The van der Waals surface area contributed by atoms with Crippen LogP contribution in [0.15, 0.2) is 0 Å². The molecule has 2 unspecified atom stereocenters. The van der Waals surface area contributed by atoms with Crippen LogP contribution in [0.25, 0.3) is 0 Å². The number of cyclic esters (lactones) is 2. The largest absolute Gasteiger partial charge is 0.738 e. The van der Waals surface area contributed by atoms with Gasteiger partial charge in [0.1, 0.15) is 19.3 Å². The highest BCUT2D eigenvalue weighted by molar-refractivity contribution is 6.78. The van der Waals surface area contributed by atoms with Gasteiger partial charge in [0.15, 0.2) is 23.5 Å². The summed E-state index contributed by atoms with van der Waals surface area (Å²) in [5.41, 5.74) is 0. The molecule has 0 saturated carbocycles. The standard InChI is InChI=1S/C17H34NO9Si2/c1-28(9-5-4-7-21-11-15-13-23-17(19)25-15)27-29(2,3)10-6-8-22-12-16-14-24-18(20)26-16/h15-16,28H,4-14H2,1-3H3/q-1/t15?,16-,28?/m0/s1. The molecule has 0 aromatic heterocycles. The van der Waals surface area contributed by atoms with E-state index in [1.165, 1.54) is 0 Å². The van der Waals surface area contributed by atoms with Crippen LogP contribution in [0.1, 0.15) is 19.3 Å². The van der Waals surface area contributed by atoms with Crippen LogP contribution < -0.4 is 0 Å². The second kappa shape index (κ2) is 13.0. The van der Waals surface area contributed by atoms with E-state index in [1.807, 2.05) is 0 Å². The summed E-state index contributed by atoms with van der Waals surface area (Å²) in [7, 11) is -2.88. The van der Waals surface area contributed by atoms with E-state index in [9.17, 15) is 10.0 Å². The molecule has 12 heteroatoms. The van der Waals surface area contributed by atoms with Crippen molar-refractivity contribution < 1.29 is 37.5 Å². The molecule has 0 aromatic carbocycles. The van der Waals surface area contributed by atoms with E-state index in [0.29, 0.717) is 26.4 Å². The first-order chi connectivity index (χ1) is 13.8. The zero-order valence-corrected chi connectivity index (χ0v) is 19.8. The highest BCUT2D eigenvalue weighted by Gasteiger charge is 2.26. The predicted octanol–water partition coefficient (Wildman–Crippen LogP) is 2.35. The maximum atomic E-state index is 10.8. The molecule has 2 heterocycles. The van der Waals surface area contributed by atoms with Gasteiger partial charge in [-0.15, -0.1) is 5.39 Å². The van der Waals surface area contributed by atoms with Gasteiger partial charge in [-0.2, -0.15) is 0 Å². The molecular weight excluding hydrogens is 418 g/mol. The molecule has 2 saturated heterocycles. The third kappa shape index (κ3) is 10.8. The zero-order chi connectivity index (χ0) is 21.1. The molecule has 0 radical (unpaired) electrons. The summed E-state index contributed by atoms with van der Waals surface area (Å²) in [6.07, 6.45) is 1.82. The lowest BCUT2D eigenvalue weighted by atomic mass is 10.3. The Morgan fingerprint density at radius 1 is 1.14 bits per heavy atom. The molecule has 0 bridgehead atoms. The fraction of sp³-hybridized carbons (Fsp3) is 0.941. The summed E-state index contributed by atoms with van der Waals surface area (Å²) in [5.74, 6) is 0. The van der Waals surface area contributed by atoms with E-state index in [2.05, 4.69) is 24.5 Å². The van der Waals surface area contributed by atoms with Crippen molar-refractivity contribution in [3.63, 3.8) is 0 Å². The van der Waals surface area contributed by atoms with Crippen molar-refractivity contribution in [1.29, 1.82) is 0 Å². The lowest BCUT2D eigenvalue weighted by molar-refractivity contribution is -0.273. The lowest BCUT2D eigenvalue weighted by Crippen LogP contribution is -2.36. The topological polar surface area (TPSA) is 108 Å². The van der Waals surface area contributed by atoms with Gasteiger partial charge in [-0.3, -0.25) is 9.68 Å².